The molecule has 1 aromatic carbocycles. The van der Waals surface area contributed by atoms with Crippen molar-refractivity contribution in [2.24, 2.45) is 0 Å². The molecule has 0 aliphatic carbocycles. The molecule has 2 N–H and O–H groups in total. The van der Waals surface area contributed by atoms with Gasteiger partial charge in [0.1, 0.15) is 12.4 Å². The minimum absolute atomic E-state index is 0.315. The van der Waals surface area contributed by atoms with Crippen LogP contribution in [0.2, 0.25) is 0 Å². The Morgan fingerprint density at radius 2 is 1.76 bits per heavy atom. The second-order valence-electron chi connectivity index (χ2n) is 3.44. The summed E-state index contributed by atoms with van der Waals surface area (Å²) in [6.45, 7) is 0.411. The fourth-order valence-corrected chi connectivity index (χ4v) is 1.27. The zero-order valence-electron chi connectivity index (χ0n) is 9.46. The maximum absolute atomic E-state index is 5.47. The third-order valence-electron chi connectivity index (χ3n) is 2.18. The van der Waals surface area contributed by atoms with Crippen molar-refractivity contribution in [2.75, 3.05) is 12.8 Å². The van der Waals surface area contributed by atoms with Gasteiger partial charge in [0.15, 0.2) is 0 Å². The van der Waals surface area contributed by atoms with Crippen molar-refractivity contribution in [1.82, 2.24) is 9.97 Å². The van der Waals surface area contributed by atoms with E-state index in [1.165, 1.54) is 12.4 Å². The van der Waals surface area contributed by atoms with E-state index in [0.29, 0.717) is 18.3 Å². The molecule has 0 unspecified atom stereocenters. The summed E-state index contributed by atoms with van der Waals surface area (Å²) in [5, 5.41) is 0. The van der Waals surface area contributed by atoms with Crippen LogP contribution in [0.4, 0.5) is 5.69 Å². The van der Waals surface area contributed by atoms with Crippen LogP contribution < -0.4 is 15.2 Å². The Labute approximate surface area is 99.2 Å². The summed E-state index contributed by atoms with van der Waals surface area (Å²) in [5.41, 5.74) is 7.01. The summed E-state index contributed by atoms with van der Waals surface area (Å²) in [6.07, 6.45) is 3.02. The molecular weight excluding hydrogens is 218 g/mol. The van der Waals surface area contributed by atoms with Gasteiger partial charge in [-0.25, -0.2) is 9.97 Å². The monoisotopic (exact) mass is 231 g/mol. The molecular formula is C12H13N3O2. The predicted octanol–water partition coefficient (Wildman–Crippen LogP) is 1.65. The van der Waals surface area contributed by atoms with Gasteiger partial charge >= 0.3 is 6.01 Å². The molecule has 5 heteroatoms. The Morgan fingerprint density at radius 1 is 1.12 bits per heavy atom. The SMILES string of the molecule is COc1ccc(COc2ncc(N)cn2)cc1. The summed E-state index contributed by atoms with van der Waals surface area (Å²) in [7, 11) is 1.63. The molecule has 0 saturated heterocycles. The van der Waals surface area contributed by atoms with E-state index in [0.717, 1.165) is 11.3 Å². The summed E-state index contributed by atoms with van der Waals surface area (Å²) >= 11 is 0. The van der Waals surface area contributed by atoms with Gasteiger partial charge in [0.05, 0.1) is 25.2 Å². The summed E-state index contributed by atoms with van der Waals surface area (Å²) in [5.74, 6) is 0.817. The standard InChI is InChI=1S/C12H13N3O2/c1-16-11-4-2-9(3-5-11)8-17-12-14-6-10(13)7-15-12/h2-7H,8,13H2,1H3. The average Bonchev–Trinajstić information content (AvgIpc) is 2.39. The number of rotatable bonds is 4. The summed E-state index contributed by atoms with van der Waals surface area (Å²) in [4.78, 5) is 7.89. The van der Waals surface area contributed by atoms with Gasteiger partial charge in [-0.15, -0.1) is 0 Å². The first-order valence-electron chi connectivity index (χ1n) is 5.11. The first kappa shape index (κ1) is 11.2. The van der Waals surface area contributed by atoms with Crippen molar-refractivity contribution in [3.63, 3.8) is 0 Å². The smallest absolute Gasteiger partial charge is 0.316 e. The molecule has 0 bridgehead atoms. The molecule has 0 aliphatic heterocycles. The van der Waals surface area contributed by atoms with Crippen LogP contribution in [0.3, 0.4) is 0 Å². The second kappa shape index (κ2) is 5.16. The zero-order valence-corrected chi connectivity index (χ0v) is 9.46. The van der Waals surface area contributed by atoms with E-state index < -0.39 is 0 Å². The van der Waals surface area contributed by atoms with Crippen LogP contribution >= 0.6 is 0 Å². The summed E-state index contributed by atoms with van der Waals surface area (Å²) in [6, 6.07) is 7.92. The van der Waals surface area contributed by atoms with E-state index in [-0.39, 0.29) is 0 Å². The molecule has 0 spiro atoms. The Morgan fingerprint density at radius 3 is 2.35 bits per heavy atom. The number of nitrogens with zero attached hydrogens (tertiary/aromatic N) is 2. The zero-order chi connectivity index (χ0) is 12.1. The predicted molar refractivity (Wildman–Crippen MR) is 63.8 cm³/mol. The van der Waals surface area contributed by atoms with E-state index in [2.05, 4.69) is 9.97 Å². The molecule has 0 radical (unpaired) electrons. The Kier molecular flexibility index (Phi) is 3.40. The number of nitrogen functional groups attached to an aromatic ring is 1. The number of benzene rings is 1. The topological polar surface area (TPSA) is 70.3 Å². The minimum Gasteiger partial charge on any atom is -0.497 e. The highest BCUT2D eigenvalue weighted by Gasteiger charge is 1.99. The number of hydrogen-bond donors (Lipinski definition) is 1. The molecule has 0 atom stereocenters. The van der Waals surface area contributed by atoms with Crippen molar-refractivity contribution in [1.29, 1.82) is 0 Å². The molecule has 17 heavy (non-hydrogen) atoms. The van der Waals surface area contributed by atoms with Crippen LogP contribution in [0.25, 0.3) is 0 Å². The Hall–Kier alpha value is -2.30. The van der Waals surface area contributed by atoms with Gasteiger partial charge in [0.2, 0.25) is 0 Å². The molecule has 0 amide bonds. The van der Waals surface area contributed by atoms with Gasteiger partial charge in [-0.05, 0) is 17.7 Å². The Bertz CT molecular complexity index is 468. The minimum atomic E-state index is 0.315. The Balaban J connectivity index is 1.95. The second-order valence-corrected chi connectivity index (χ2v) is 3.44. The van der Waals surface area contributed by atoms with E-state index in [9.17, 15) is 0 Å². The van der Waals surface area contributed by atoms with Crippen LogP contribution in [0.5, 0.6) is 11.8 Å². The highest BCUT2D eigenvalue weighted by Crippen LogP contribution is 2.13. The molecule has 0 aliphatic rings. The third kappa shape index (κ3) is 3.07. The maximum atomic E-state index is 5.47. The average molecular weight is 231 g/mol. The quantitative estimate of drug-likeness (QED) is 0.866. The number of nitrogens with two attached hydrogens (primary N) is 1. The van der Waals surface area contributed by atoms with Gasteiger partial charge in [0.25, 0.3) is 0 Å². The number of ether oxygens (including phenoxy) is 2. The molecule has 5 nitrogen and oxygen atoms in total. The van der Waals surface area contributed by atoms with Gasteiger partial charge in [0, 0.05) is 0 Å². The molecule has 0 saturated carbocycles. The van der Waals surface area contributed by atoms with Crippen LogP contribution in [0.15, 0.2) is 36.7 Å². The van der Waals surface area contributed by atoms with Gasteiger partial charge in [-0.1, -0.05) is 12.1 Å². The lowest BCUT2D eigenvalue weighted by Crippen LogP contribution is -2.00. The van der Waals surface area contributed by atoms with Crippen molar-refractivity contribution in [3.05, 3.63) is 42.2 Å². The first-order valence-corrected chi connectivity index (χ1v) is 5.11. The van der Waals surface area contributed by atoms with E-state index in [4.69, 9.17) is 15.2 Å². The van der Waals surface area contributed by atoms with Gasteiger partial charge in [-0.2, -0.15) is 0 Å². The number of anilines is 1. The normalized spacial score (nSPS) is 9.94. The van der Waals surface area contributed by atoms with Crippen molar-refractivity contribution in [3.8, 4) is 11.8 Å². The molecule has 1 heterocycles. The summed E-state index contributed by atoms with van der Waals surface area (Å²) < 4.78 is 10.5. The van der Waals surface area contributed by atoms with Crippen LogP contribution in [-0.2, 0) is 6.61 Å². The molecule has 2 aromatic rings. The number of aromatic nitrogens is 2. The van der Waals surface area contributed by atoms with E-state index >= 15 is 0 Å². The highest BCUT2D eigenvalue weighted by molar-refractivity contribution is 5.31. The van der Waals surface area contributed by atoms with E-state index in [1.54, 1.807) is 7.11 Å². The van der Waals surface area contributed by atoms with Gasteiger partial charge in [-0.3, -0.25) is 0 Å². The van der Waals surface area contributed by atoms with Crippen molar-refractivity contribution in [2.45, 2.75) is 6.61 Å². The van der Waals surface area contributed by atoms with Gasteiger partial charge < -0.3 is 15.2 Å². The largest absolute Gasteiger partial charge is 0.497 e. The van der Waals surface area contributed by atoms with Crippen molar-refractivity contribution >= 4 is 5.69 Å². The lowest BCUT2D eigenvalue weighted by atomic mass is 10.2. The van der Waals surface area contributed by atoms with Crippen LogP contribution in [-0.4, -0.2) is 17.1 Å². The van der Waals surface area contributed by atoms with Crippen LogP contribution in [0.1, 0.15) is 5.56 Å². The lowest BCUT2D eigenvalue weighted by Gasteiger charge is -2.05. The fourth-order valence-electron chi connectivity index (χ4n) is 1.27. The van der Waals surface area contributed by atoms with Crippen LogP contribution in [0, 0.1) is 0 Å². The first-order chi connectivity index (χ1) is 8.28. The lowest BCUT2D eigenvalue weighted by molar-refractivity contribution is 0.280. The molecule has 0 fully saturated rings. The molecule has 88 valence electrons. The maximum Gasteiger partial charge on any atom is 0.316 e. The number of hydrogen-bond acceptors (Lipinski definition) is 5. The number of methoxy groups -OCH3 is 1. The van der Waals surface area contributed by atoms with E-state index in [1.807, 2.05) is 24.3 Å². The third-order valence-corrected chi connectivity index (χ3v) is 2.18. The highest BCUT2D eigenvalue weighted by atomic mass is 16.5. The molecule has 2 rings (SSSR count). The van der Waals surface area contributed by atoms with Crippen molar-refractivity contribution < 1.29 is 9.47 Å². The molecule has 1 aromatic heterocycles. The fraction of sp³-hybridized carbons (Fsp3) is 0.167.